The fourth-order valence-corrected chi connectivity index (χ4v) is 6.40. The Morgan fingerprint density at radius 1 is 1.18 bits per heavy atom. The maximum Gasteiger partial charge on any atom is 0.152 e. The highest BCUT2D eigenvalue weighted by Gasteiger charge is 2.45. The first-order valence-corrected chi connectivity index (χ1v) is 13.0. The van der Waals surface area contributed by atoms with Crippen molar-refractivity contribution in [2.75, 3.05) is 25.0 Å². The lowest BCUT2D eigenvalue weighted by molar-refractivity contribution is -0.133. The SMILES string of the molecule is Cc1ccc2ncnc(NCC(=O)CC3CN(C4CCC(O)(C(O)C5CCCC5)CC4)C3)c2c1. The Balaban J connectivity index is 1.05. The highest BCUT2D eigenvalue weighted by Crippen LogP contribution is 2.41. The van der Waals surface area contributed by atoms with Crippen LogP contribution in [0.25, 0.3) is 10.9 Å². The quantitative estimate of drug-likeness (QED) is 0.548. The molecule has 2 aliphatic carbocycles. The van der Waals surface area contributed by atoms with Crippen LogP contribution in [-0.2, 0) is 4.79 Å². The number of Topliss-reactive ketones (excluding diaryl/α,β-unsaturated/α-hetero) is 1. The molecule has 2 aromatic rings. The zero-order chi connectivity index (χ0) is 23.7. The molecule has 3 fully saturated rings. The van der Waals surface area contributed by atoms with Crippen molar-refractivity contribution in [3.8, 4) is 0 Å². The number of hydrogen-bond donors (Lipinski definition) is 3. The summed E-state index contributed by atoms with van der Waals surface area (Å²) in [5.41, 5.74) is 1.11. The smallest absolute Gasteiger partial charge is 0.152 e. The van der Waals surface area contributed by atoms with Crippen LogP contribution in [0, 0.1) is 18.8 Å². The van der Waals surface area contributed by atoms with Gasteiger partial charge in [-0.2, -0.15) is 0 Å². The molecular weight excluding hydrogens is 428 g/mol. The molecule has 184 valence electrons. The molecular formula is C27H38N4O3. The maximum absolute atomic E-state index is 12.6. The predicted octanol–water partition coefficient (Wildman–Crippen LogP) is 3.47. The lowest BCUT2D eigenvalue weighted by Gasteiger charge is -2.49. The van der Waals surface area contributed by atoms with Crippen molar-refractivity contribution in [2.45, 2.75) is 82.5 Å². The fourth-order valence-electron chi connectivity index (χ4n) is 6.40. The van der Waals surface area contributed by atoms with Crippen molar-refractivity contribution in [3.05, 3.63) is 30.1 Å². The lowest BCUT2D eigenvalue weighted by atomic mass is 9.73. The van der Waals surface area contributed by atoms with Crippen molar-refractivity contribution in [1.29, 1.82) is 0 Å². The minimum Gasteiger partial charge on any atom is -0.390 e. The van der Waals surface area contributed by atoms with Crippen molar-refractivity contribution >= 4 is 22.5 Å². The Labute approximate surface area is 202 Å². The van der Waals surface area contributed by atoms with Gasteiger partial charge in [-0.1, -0.05) is 24.5 Å². The van der Waals surface area contributed by atoms with Crippen LogP contribution in [0.4, 0.5) is 5.82 Å². The topological polar surface area (TPSA) is 98.6 Å². The summed E-state index contributed by atoms with van der Waals surface area (Å²) in [6.45, 7) is 4.23. The Morgan fingerprint density at radius 2 is 1.91 bits per heavy atom. The van der Waals surface area contributed by atoms with E-state index in [0.29, 0.717) is 37.0 Å². The van der Waals surface area contributed by atoms with Crippen LogP contribution in [0.3, 0.4) is 0 Å². The second-order valence-electron chi connectivity index (χ2n) is 11.0. The van der Waals surface area contributed by atoms with E-state index in [1.807, 2.05) is 25.1 Å². The Morgan fingerprint density at radius 3 is 2.65 bits per heavy atom. The van der Waals surface area contributed by atoms with Gasteiger partial charge < -0.3 is 15.5 Å². The van der Waals surface area contributed by atoms with Crippen molar-refractivity contribution in [2.24, 2.45) is 11.8 Å². The molecule has 1 saturated heterocycles. The number of benzene rings is 1. The molecule has 34 heavy (non-hydrogen) atoms. The van der Waals surface area contributed by atoms with E-state index >= 15 is 0 Å². The molecule has 2 saturated carbocycles. The Hall–Kier alpha value is -2.09. The van der Waals surface area contributed by atoms with E-state index in [0.717, 1.165) is 55.2 Å². The van der Waals surface area contributed by atoms with Gasteiger partial charge in [-0.3, -0.25) is 9.69 Å². The van der Waals surface area contributed by atoms with Crippen LogP contribution in [0.5, 0.6) is 0 Å². The maximum atomic E-state index is 12.6. The normalized spacial score (nSPS) is 27.6. The molecule has 1 aromatic heterocycles. The Bertz CT molecular complexity index is 1010. The van der Waals surface area contributed by atoms with E-state index in [1.54, 1.807) is 0 Å². The molecule has 1 unspecified atom stereocenters. The number of hydrogen-bond acceptors (Lipinski definition) is 7. The molecule has 1 aromatic carbocycles. The van der Waals surface area contributed by atoms with Crippen molar-refractivity contribution in [3.63, 3.8) is 0 Å². The second-order valence-corrected chi connectivity index (χ2v) is 11.0. The first-order valence-electron chi connectivity index (χ1n) is 13.0. The molecule has 1 aliphatic heterocycles. The molecule has 0 spiro atoms. The number of aryl methyl sites for hydroxylation is 1. The number of aliphatic hydroxyl groups excluding tert-OH is 1. The number of nitrogens with zero attached hydrogens (tertiary/aromatic N) is 3. The van der Waals surface area contributed by atoms with E-state index < -0.39 is 11.7 Å². The number of ketones is 1. The number of carbonyl (C=O) groups excluding carboxylic acids is 1. The van der Waals surface area contributed by atoms with E-state index in [2.05, 4.69) is 20.2 Å². The highest BCUT2D eigenvalue weighted by atomic mass is 16.3. The largest absolute Gasteiger partial charge is 0.390 e. The van der Waals surface area contributed by atoms with Crippen LogP contribution in [0.15, 0.2) is 24.5 Å². The number of nitrogens with one attached hydrogen (secondary N) is 1. The molecule has 1 atom stereocenters. The zero-order valence-corrected chi connectivity index (χ0v) is 20.2. The molecule has 7 nitrogen and oxygen atoms in total. The molecule has 5 rings (SSSR count). The van der Waals surface area contributed by atoms with E-state index in [-0.39, 0.29) is 18.2 Å². The number of carbonyl (C=O) groups is 1. The lowest BCUT2D eigenvalue weighted by Crippen LogP contribution is -2.57. The summed E-state index contributed by atoms with van der Waals surface area (Å²) in [5.74, 6) is 1.61. The predicted molar refractivity (Wildman–Crippen MR) is 133 cm³/mol. The average molecular weight is 467 g/mol. The number of aliphatic hydroxyl groups is 2. The second kappa shape index (κ2) is 9.88. The van der Waals surface area contributed by atoms with E-state index in [9.17, 15) is 15.0 Å². The van der Waals surface area contributed by atoms with Crippen LogP contribution < -0.4 is 5.32 Å². The van der Waals surface area contributed by atoms with Gasteiger partial charge in [0.05, 0.1) is 23.8 Å². The number of rotatable bonds is 8. The van der Waals surface area contributed by atoms with Crippen molar-refractivity contribution < 1.29 is 15.0 Å². The fraction of sp³-hybridized carbons (Fsp3) is 0.667. The number of aromatic nitrogens is 2. The van der Waals surface area contributed by atoms with Gasteiger partial charge in [0.15, 0.2) is 5.78 Å². The van der Waals surface area contributed by atoms with Crippen LogP contribution in [0.1, 0.15) is 63.4 Å². The molecule has 2 heterocycles. The summed E-state index contributed by atoms with van der Waals surface area (Å²) in [4.78, 5) is 23.7. The first kappa shape index (κ1) is 23.6. The number of likely N-dealkylation sites (tertiary alicyclic amines) is 1. The molecule has 0 amide bonds. The summed E-state index contributed by atoms with van der Waals surface area (Å²) in [6.07, 6.45) is 9.25. The van der Waals surface area contributed by atoms with Crippen LogP contribution in [-0.4, -0.2) is 68.2 Å². The molecule has 3 aliphatic rings. The number of fused-ring (bicyclic) bond motifs is 1. The summed E-state index contributed by atoms with van der Waals surface area (Å²) in [7, 11) is 0. The zero-order valence-electron chi connectivity index (χ0n) is 20.2. The van der Waals surface area contributed by atoms with E-state index in [1.165, 1.54) is 19.2 Å². The van der Waals surface area contributed by atoms with Gasteiger partial charge >= 0.3 is 0 Å². The third-order valence-corrected chi connectivity index (χ3v) is 8.48. The standard InChI is InChI=1S/C27H38N4O3/c1-18-6-7-24-23(12-18)26(30-17-29-24)28-14-22(32)13-19-15-31(16-19)21-8-10-27(34,11-9-21)25(33)20-4-2-3-5-20/h6-7,12,17,19-21,25,33-34H,2-5,8-11,13-16H2,1H3,(H,28,29,30). The monoisotopic (exact) mass is 466 g/mol. The number of anilines is 1. The first-order chi connectivity index (χ1) is 16.4. The van der Waals surface area contributed by atoms with E-state index in [4.69, 9.17) is 0 Å². The molecule has 3 N–H and O–H groups in total. The van der Waals surface area contributed by atoms with Crippen molar-refractivity contribution in [1.82, 2.24) is 14.9 Å². The average Bonchev–Trinajstić information content (AvgIpc) is 3.35. The molecule has 0 radical (unpaired) electrons. The van der Waals surface area contributed by atoms with Crippen LogP contribution >= 0.6 is 0 Å². The molecule has 7 heteroatoms. The third-order valence-electron chi connectivity index (χ3n) is 8.48. The van der Waals surface area contributed by atoms with Gasteiger partial charge in [0.2, 0.25) is 0 Å². The molecule has 0 bridgehead atoms. The minimum atomic E-state index is -0.902. The summed E-state index contributed by atoms with van der Waals surface area (Å²) < 4.78 is 0. The summed E-state index contributed by atoms with van der Waals surface area (Å²) in [6, 6.07) is 6.52. The third kappa shape index (κ3) is 4.97. The van der Waals surface area contributed by atoms with Gasteiger partial charge in [-0.15, -0.1) is 0 Å². The van der Waals surface area contributed by atoms with Gasteiger partial charge in [-0.25, -0.2) is 9.97 Å². The van der Waals surface area contributed by atoms with Gasteiger partial charge in [0, 0.05) is 30.9 Å². The highest BCUT2D eigenvalue weighted by molar-refractivity contribution is 5.91. The summed E-state index contributed by atoms with van der Waals surface area (Å²) >= 11 is 0. The van der Waals surface area contributed by atoms with Gasteiger partial charge in [-0.05, 0) is 69.4 Å². The van der Waals surface area contributed by atoms with Gasteiger partial charge in [0.1, 0.15) is 12.1 Å². The summed E-state index contributed by atoms with van der Waals surface area (Å²) in [5, 5.41) is 26.0. The Kier molecular flexibility index (Phi) is 6.87. The van der Waals surface area contributed by atoms with Gasteiger partial charge in [0.25, 0.3) is 0 Å². The minimum absolute atomic E-state index is 0.210. The van der Waals surface area contributed by atoms with Crippen LogP contribution in [0.2, 0.25) is 0 Å².